The van der Waals surface area contributed by atoms with Crippen molar-refractivity contribution in [3.8, 4) is 0 Å². The molecule has 0 radical (unpaired) electrons. The number of nitrogen functional groups attached to an aromatic ring is 1. The van der Waals surface area contributed by atoms with Crippen molar-refractivity contribution < 1.29 is 0 Å². The quantitative estimate of drug-likeness (QED) is 0.771. The second kappa shape index (κ2) is 3.97. The molecule has 0 aliphatic rings. The van der Waals surface area contributed by atoms with Crippen LogP contribution in [-0.2, 0) is 6.54 Å². The summed E-state index contributed by atoms with van der Waals surface area (Å²) < 4.78 is 1.79. The molecule has 2 N–H and O–H groups in total. The molecule has 0 atom stereocenters. The zero-order valence-corrected chi connectivity index (χ0v) is 10.2. The zero-order chi connectivity index (χ0) is 11.8. The fourth-order valence-electron chi connectivity index (χ4n) is 1.61. The van der Waals surface area contributed by atoms with Gasteiger partial charge >= 0.3 is 0 Å². The maximum Gasteiger partial charge on any atom is 0.163 e. The Kier molecular flexibility index (Phi) is 2.45. The van der Waals surface area contributed by atoms with Crippen molar-refractivity contribution in [3.63, 3.8) is 0 Å². The number of aromatic nitrogens is 4. The van der Waals surface area contributed by atoms with Crippen LogP contribution in [0.1, 0.15) is 4.88 Å². The lowest BCUT2D eigenvalue weighted by atomic mass is 10.4. The van der Waals surface area contributed by atoms with Crippen LogP contribution in [-0.4, -0.2) is 19.7 Å². The Bertz CT molecular complexity index is 674. The molecule has 17 heavy (non-hydrogen) atoms. The van der Waals surface area contributed by atoms with Crippen LogP contribution in [0.5, 0.6) is 0 Å². The number of nitrogens with zero attached hydrogens (tertiary/aromatic N) is 4. The lowest BCUT2D eigenvalue weighted by Crippen LogP contribution is -2.01. The summed E-state index contributed by atoms with van der Waals surface area (Å²) in [4.78, 5) is 9.23. The van der Waals surface area contributed by atoms with E-state index in [9.17, 15) is 0 Å². The summed E-state index contributed by atoms with van der Waals surface area (Å²) in [6.07, 6.45) is 3.12. The average molecular weight is 266 g/mol. The van der Waals surface area contributed by atoms with Crippen LogP contribution in [0.2, 0.25) is 5.02 Å². The largest absolute Gasteiger partial charge is 0.383 e. The van der Waals surface area contributed by atoms with Crippen molar-refractivity contribution in [2.75, 3.05) is 5.73 Å². The average Bonchev–Trinajstić information content (AvgIpc) is 2.88. The van der Waals surface area contributed by atoms with E-state index in [1.807, 2.05) is 11.4 Å². The molecular formula is C10H8ClN5S. The van der Waals surface area contributed by atoms with E-state index >= 15 is 0 Å². The molecule has 3 aromatic heterocycles. The summed E-state index contributed by atoms with van der Waals surface area (Å²) in [6, 6.07) is 1.92. The minimum Gasteiger partial charge on any atom is -0.383 e. The van der Waals surface area contributed by atoms with Crippen molar-refractivity contribution >= 4 is 39.8 Å². The number of thiophene rings is 1. The minimum atomic E-state index is 0.450. The third kappa shape index (κ3) is 1.85. The van der Waals surface area contributed by atoms with Gasteiger partial charge in [0.15, 0.2) is 5.65 Å². The van der Waals surface area contributed by atoms with Crippen molar-refractivity contribution in [2.24, 2.45) is 0 Å². The first-order valence-corrected chi connectivity index (χ1v) is 6.14. The molecule has 0 aliphatic carbocycles. The van der Waals surface area contributed by atoms with E-state index in [-0.39, 0.29) is 0 Å². The van der Waals surface area contributed by atoms with Crippen molar-refractivity contribution in [3.05, 3.63) is 33.9 Å². The summed E-state index contributed by atoms with van der Waals surface area (Å²) in [5.41, 5.74) is 6.48. The molecule has 3 heterocycles. The normalized spacial score (nSPS) is 11.1. The molecule has 0 fully saturated rings. The first kappa shape index (κ1) is 10.5. The molecule has 0 spiro atoms. The molecular weight excluding hydrogens is 258 g/mol. The Morgan fingerprint density at radius 2 is 2.29 bits per heavy atom. The lowest BCUT2D eigenvalue weighted by Gasteiger charge is -2.00. The summed E-state index contributed by atoms with van der Waals surface area (Å²) in [5.74, 6) is 0.450. The third-order valence-electron chi connectivity index (χ3n) is 2.39. The number of hydrogen-bond acceptors (Lipinski definition) is 5. The van der Waals surface area contributed by atoms with E-state index in [2.05, 4.69) is 15.1 Å². The lowest BCUT2D eigenvalue weighted by molar-refractivity contribution is 0.712. The fraction of sp³-hybridized carbons (Fsp3) is 0.100. The second-order valence-electron chi connectivity index (χ2n) is 3.53. The van der Waals surface area contributed by atoms with Gasteiger partial charge in [-0.05, 0) is 6.07 Å². The third-order valence-corrected chi connectivity index (χ3v) is 3.66. The summed E-state index contributed by atoms with van der Waals surface area (Å²) in [6.45, 7) is 0.636. The van der Waals surface area contributed by atoms with Crippen LogP contribution < -0.4 is 5.73 Å². The standard InChI is InChI=1S/C10H8ClN5S/c11-6-1-7(17-4-6)3-16-10-8(2-15-16)9(12)13-5-14-10/h1-2,4-5H,3H2,(H2,12,13,14). The first-order chi connectivity index (χ1) is 8.24. The van der Waals surface area contributed by atoms with Gasteiger partial charge in [-0.15, -0.1) is 11.3 Å². The van der Waals surface area contributed by atoms with E-state index in [1.165, 1.54) is 6.33 Å². The van der Waals surface area contributed by atoms with Gasteiger partial charge < -0.3 is 5.73 Å². The van der Waals surface area contributed by atoms with Gasteiger partial charge in [0.1, 0.15) is 12.1 Å². The zero-order valence-electron chi connectivity index (χ0n) is 8.67. The monoisotopic (exact) mass is 265 g/mol. The van der Waals surface area contributed by atoms with Gasteiger partial charge in [-0.2, -0.15) is 5.10 Å². The minimum absolute atomic E-state index is 0.450. The highest BCUT2D eigenvalue weighted by Gasteiger charge is 2.08. The highest BCUT2D eigenvalue weighted by molar-refractivity contribution is 7.10. The number of fused-ring (bicyclic) bond motifs is 1. The number of hydrogen-bond donors (Lipinski definition) is 1. The summed E-state index contributed by atoms with van der Waals surface area (Å²) >= 11 is 7.47. The molecule has 3 aromatic rings. The van der Waals surface area contributed by atoms with E-state index in [1.54, 1.807) is 22.2 Å². The van der Waals surface area contributed by atoms with Crippen LogP contribution in [0, 0.1) is 0 Å². The van der Waals surface area contributed by atoms with Crippen LogP contribution in [0.25, 0.3) is 11.0 Å². The highest BCUT2D eigenvalue weighted by Crippen LogP contribution is 2.22. The molecule has 0 aliphatic heterocycles. The molecule has 0 aromatic carbocycles. The van der Waals surface area contributed by atoms with Gasteiger partial charge in [-0.3, -0.25) is 0 Å². The van der Waals surface area contributed by atoms with Crippen molar-refractivity contribution in [2.45, 2.75) is 6.54 Å². The van der Waals surface area contributed by atoms with Gasteiger partial charge in [0.05, 0.1) is 23.2 Å². The molecule has 0 unspecified atom stereocenters. The van der Waals surface area contributed by atoms with Crippen molar-refractivity contribution in [1.82, 2.24) is 19.7 Å². The van der Waals surface area contributed by atoms with Gasteiger partial charge in [0.2, 0.25) is 0 Å². The van der Waals surface area contributed by atoms with E-state index in [4.69, 9.17) is 17.3 Å². The smallest absolute Gasteiger partial charge is 0.163 e. The fourth-order valence-corrected chi connectivity index (χ4v) is 2.66. The molecule has 7 heteroatoms. The Morgan fingerprint density at radius 3 is 3.06 bits per heavy atom. The molecule has 3 rings (SSSR count). The van der Waals surface area contributed by atoms with Crippen LogP contribution in [0.4, 0.5) is 5.82 Å². The molecule has 86 valence electrons. The number of rotatable bonds is 2. The topological polar surface area (TPSA) is 69.6 Å². The van der Waals surface area contributed by atoms with Crippen LogP contribution >= 0.6 is 22.9 Å². The maximum atomic E-state index is 5.88. The van der Waals surface area contributed by atoms with Gasteiger partial charge in [-0.1, -0.05) is 11.6 Å². The predicted molar refractivity (Wildman–Crippen MR) is 68.2 cm³/mol. The number of halogens is 1. The first-order valence-electron chi connectivity index (χ1n) is 4.89. The maximum absolute atomic E-state index is 5.88. The second-order valence-corrected chi connectivity index (χ2v) is 4.96. The summed E-state index contributed by atoms with van der Waals surface area (Å²) in [7, 11) is 0. The Morgan fingerprint density at radius 1 is 1.41 bits per heavy atom. The van der Waals surface area contributed by atoms with Gasteiger partial charge in [-0.25, -0.2) is 14.6 Å². The molecule has 5 nitrogen and oxygen atoms in total. The Hall–Kier alpha value is -1.66. The van der Waals surface area contributed by atoms with Gasteiger partial charge in [0, 0.05) is 10.3 Å². The van der Waals surface area contributed by atoms with Crippen LogP contribution in [0.15, 0.2) is 24.0 Å². The highest BCUT2D eigenvalue weighted by atomic mass is 35.5. The SMILES string of the molecule is Nc1ncnc2c1cnn2Cc1cc(Cl)cs1. The number of anilines is 1. The summed E-state index contributed by atoms with van der Waals surface area (Å²) in [5, 5.41) is 7.67. The van der Waals surface area contributed by atoms with E-state index < -0.39 is 0 Å². The van der Waals surface area contributed by atoms with E-state index in [0.717, 1.165) is 20.9 Å². The van der Waals surface area contributed by atoms with Crippen molar-refractivity contribution in [1.29, 1.82) is 0 Å². The van der Waals surface area contributed by atoms with E-state index in [0.29, 0.717) is 12.4 Å². The van der Waals surface area contributed by atoms with Crippen LogP contribution in [0.3, 0.4) is 0 Å². The van der Waals surface area contributed by atoms with Gasteiger partial charge in [0.25, 0.3) is 0 Å². The molecule has 0 saturated carbocycles. The molecule has 0 saturated heterocycles. The number of nitrogens with two attached hydrogens (primary N) is 1. The molecule has 0 amide bonds. The Balaban J connectivity index is 2.04. The Labute approximate surface area is 106 Å². The predicted octanol–water partition coefficient (Wildman–Crippen LogP) is 2.17. The molecule has 0 bridgehead atoms.